The number of carbonyl (C=O) groups is 6. The van der Waals surface area contributed by atoms with Crippen LogP contribution in [-0.4, -0.2) is 86.2 Å². The maximum absolute atomic E-state index is 13.1. The zero-order valence-electron chi connectivity index (χ0n) is 36.6. The van der Waals surface area contributed by atoms with E-state index in [9.17, 15) is 33.9 Å². The lowest BCUT2D eigenvalue weighted by Crippen LogP contribution is -2.45. The zero-order valence-corrected chi connectivity index (χ0v) is 36.6. The fourth-order valence-corrected chi connectivity index (χ4v) is 5.93. The standard InChI is InChI=1S/C45H80O13/c1-4-7-28-39(46)53-31-22-16-10-12-19-25-34-56-42(49)37-45(52,44(51)58-36-27-21-15-14-18-24-33-55-41(48)30-9-6-3)38-43(50)57-35-26-20-13-11-17-23-32-54-40(47)29-8-5-2/h52H,4-38H2,1-3H3. The van der Waals surface area contributed by atoms with E-state index in [1.165, 1.54) is 0 Å². The minimum Gasteiger partial charge on any atom is -0.466 e. The van der Waals surface area contributed by atoms with E-state index < -0.39 is 36.4 Å². The second-order valence-electron chi connectivity index (χ2n) is 15.3. The Kier molecular flexibility index (Phi) is 37.1. The van der Waals surface area contributed by atoms with E-state index in [-0.39, 0.29) is 37.7 Å². The van der Waals surface area contributed by atoms with Gasteiger partial charge in [-0.2, -0.15) is 0 Å². The fourth-order valence-electron chi connectivity index (χ4n) is 5.93. The first kappa shape index (κ1) is 54.8. The van der Waals surface area contributed by atoms with Crippen LogP contribution in [0.2, 0.25) is 0 Å². The van der Waals surface area contributed by atoms with Crippen molar-refractivity contribution in [1.29, 1.82) is 0 Å². The number of hydrogen-bond donors (Lipinski definition) is 1. The third-order valence-electron chi connectivity index (χ3n) is 9.62. The van der Waals surface area contributed by atoms with Crippen molar-refractivity contribution < 1.29 is 62.3 Å². The fraction of sp³-hybridized carbons (Fsp3) is 0.867. The van der Waals surface area contributed by atoms with E-state index in [4.69, 9.17) is 28.4 Å². The Morgan fingerprint density at radius 2 is 0.552 bits per heavy atom. The highest BCUT2D eigenvalue weighted by atomic mass is 16.6. The first-order valence-electron chi connectivity index (χ1n) is 22.8. The van der Waals surface area contributed by atoms with Crippen molar-refractivity contribution in [2.75, 3.05) is 39.6 Å². The molecule has 0 bridgehead atoms. The van der Waals surface area contributed by atoms with Gasteiger partial charge in [0.05, 0.1) is 52.5 Å². The van der Waals surface area contributed by atoms with Gasteiger partial charge in [-0.05, 0) is 57.8 Å². The van der Waals surface area contributed by atoms with Crippen LogP contribution in [0.1, 0.15) is 207 Å². The Hall–Kier alpha value is -3.22. The summed E-state index contributed by atoms with van der Waals surface area (Å²) >= 11 is 0. The second kappa shape index (κ2) is 39.3. The lowest BCUT2D eigenvalue weighted by molar-refractivity contribution is -0.178. The molecule has 0 saturated heterocycles. The molecule has 1 N–H and O–H groups in total. The molecule has 0 aromatic carbocycles. The molecule has 13 nitrogen and oxygen atoms in total. The SMILES string of the molecule is CCCCC(=O)OCCCCCCCCOC(=O)CC(O)(CC(=O)OCCCCCCCCOC(=O)CCCC)C(=O)OCCCCCCCCOC(=O)CCCC. The third kappa shape index (κ3) is 34.8. The number of aliphatic hydroxyl groups is 1. The average Bonchev–Trinajstić information content (AvgIpc) is 3.20. The van der Waals surface area contributed by atoms with Crippen molar-refractivity contribution in [2.45, 2.75) is 213 Å². The van der Waals surface area contributed by atoms with Gasteiger partial charge in [-0.3, -0.25) is 24.0 Å². The van der Waals surface area contributed by atoms with Gasteiger partial charge in [0, 0.05) is 19.3 Å². The number of ether oxygens (including phenoxy) is 6. The largest absolute Gasteiger partial charge is 0.466 e. The molecular formula is C45H80O13. The van der Waals surface area contributed by atoms with E-state index in [0.29, 0.717) is 58.3 Å². The molecule has 0 aliphatic carbocycles. The Morgan fingerprint density at radius 1 is 0.328 bits per heavy atom. The van der Waals surface area contributed by atoms with Gasteiger partial charge in [0.1, 0.15) is 0 Å². The average molecular weight is 829 g/mol. The molecule has 0 heterocycles. The van der Waals surface area contributed by atoms with Crippen LogP contribution in [0.3, 0.4) is 0 Å². The van der Waals surface area contributed by atoms with Crippen LogP contribution in [0.15, 0.2) is 0 Å². The molecule has 13 heteroatoms. The van der Waals surface area contributed by atoms with Crippen LogP contribution < -0.4 is 0 Å². The molecule has 0 unspecified atom stereocenters. The summed E-state index contributed by atoms with van der Waals surface area (Å²) in [6, 6.07) is 0. The summed E-state index contributed by atoms with van der Waals surface area (Å²) in [5, 5.41) is 11.3. The molecule has 0 aromatic rings. The van der Waals surface area contributed by atoms with E-state index in [1.54, 1.807) is 0 Å². The molecule has 0 fully saturated rings. The maximum atomic E-state index is 13.1. The van der Waals surface area contributed by atoms with Crippen molar-refractivity contribution in [1.82, 2.24) is 0 Å². The van der Waals surface area contributed by atoms with Crippen molar-refractivity contribution >= 4 is 35.8 Å². The number of unbranched alkanes of at least 4 members (excludes halogenated alkanes) is 18. The van der Waals surface area contributed by atoms with Gasteiger partial charge in [-0.25, -0.2) is 4.79 Å². The van der Waals surface area contributed by atoms with Crippen LogP contribution >= 0.6 is 0 Å². The summed E-state index contributed by atoms with van der Waals surface area (Å²) in [6.45, 7) is 7.65. The van der Waals surface area contributed by atoms with E-state index in [1.807, 2.05) is 20.8 Å². The molecule has 0 radical (unpaired) electrons. The highest BCUT2D eigenvalue weighted by molar-refractivity contribution is 5.90. The number of carbonyl (C=O) groups excluding carboxylic acids is 6. The van der Waals surface area contributed by atoms with Crippen molar-refractivity contribution in [3.8, 4) is 0 Å². The summed E-state index contributed by atoms with van der Waals surface area (Å²) in [7, 11) is 0. The predicted octanol–water partition coefficient (Wildman–Crippen LogP) is 9.35. The molecule has 0 saturated carbocycles. The quantitative estimate of drug-likeness (QED) is 0.0350. The normalized spacial score (nSPS) is 11.2. The molecule has 0 atom stereocenters. The van der Waals surface area contributed by atoms with Crippen LogP contribution in [-0.2, 0) is 57.2 Å². The highest BCUT2D eigenvalue weighted by Crippen LogP contribution is 2.21. The van der Waals surface area contributed by atoms with Gasteiger partial charge in [0.2, 0.25) is 0 Å². The highest BCUT2D eigenvalue weighted by Gasteiger charge is 2.43. The van der Waals surface area contributed by atoms with Crippen molar-refractivity contribution in [3.63, 3.8) is 0 Å². The molecule has 0 spiro atoms. The first-order valence-corrected chi connectivity index (χ1v) is 22.8. The summed E-state index contributed by atoms with van der Waals surface area (Å²) in [5.41, 5.74) is -2.41. The predicted molar refractivity (Wildman–Crippen MR) is 222 cm³/mol. The topological polar surface area (TPSA) is 178 Å². The van der Waals surface area contributed by atoms with E-state index >= 15 is 0 Å². The summed E-state index contributed by atoms with van der Waals surface area (Å²) in [4.78, 5) is 73.3. The lowest BCUT2D eigenvalue weighted by Gasteiger charge is -2.24. The molecule has 0 rings (SSSR count). The smallest absolute Gasteiger partial charge is 0.339 e. The Morgan fingerprint density at radius 3 is 0.810 bits per heavy atom. The Bertz CT molecular complexity index is 1020. The molecule has 338 valence electrons. The van der Waals surface area contributed by atoms with Crippen LogP contribution in [0.4, 0.5) is 0 Å². The molecule has 0 aromatic heterocycles. The van der Waals surface area contributed by atoms with Gasteiger partial charge >= 0.3 is 35.8 Å². The monoisotopic (exact) mass is 829 g/mol. The van der Waals surface area contributed by atoms with Gasteiger partial charge < -0.3 is 33.5 Å². The summed E-state index contributed by atoms with van der Waals surface area (Å²) < 4.78 is 31.7. The molecule has 0 amide bonds. The molecular weight excluding hydrogens is 748 g/mol. The Labute approximate surface area is 349 Å². The molecule has 58 heavy (non-hydrogen) atoms. The lowest BCUT2D eigenvalue weighted by atomic mass is 9.95. The number of esters is 6. The van der Waals surface area contributed by atoms with Gasteiger partial charge in [0.15, 0.2) is 5.60 Å². The summed E-state index contributed by atoms with van der Waals surface area (Å²) in [5.74, 6) is -3.10. The van der Waals surface area contributed by atoms with E-state index in [2.05, 4.69) is 0 Å². The van der Waals surface area contributed by atoms with Crippen LogP contribution in [0, 0.1) is 0 Å². The molecule has 0 aliphatic rings. The van der Waals surface area contributed by atoms with Crippen molar-refractivity contribution in [3.05, 3.63) is 0 Å². The van der Waals surface area contributed by atoms with Crippen molar-refractivity contribution in [2.24, 2.45) is 0 Å². The van der Waals surface area contributed by atoms with Gasteiger partial charge in [0.25, 0.3) is 0 Å². The Balaban J connectivity index is 4.60. The maximum Gasteiger partial charge on any atom is 0.339 e. The van der Waals surface area contributed by atoms with Crippen LogP contribution in [0.5, 0.6) is 0 Å². The summed E-state index contributed by atoms with van der Waals surface area (Å²) in [6.07, 6.45) is 20.3. The number of rotatable bonds is 41. The van der Waals surface area contributed by atoms with Gasteiger partial charge in [-0.15, -0.1) is 0 Å². The first-order chi connectivity index (χ1) is 28.1. The minimum absolute atomic E-state index is 0.0306. The third-order valence-corrected chi connectivity index (χ3v) is 9.62. The number of hydrogen-bond acceptors (Lipinski definition) is 13. The minimum atomic E-state index is -2.41. The molecule has 0 aliphatic heterocycles. The second-order valence-corrected chi connectivity index (χ2v) is 15.3. The van der Waals surface area contributed by atoms with Crippen LogP contribution in [0.25, 0.3) is 0 Å². The van der Waals surface area contributed by atoms with Gasteiger partial charge in [-0.1, -0.05) is 117 Å². The zero-order chi connectivity index (χ0) is 43.0. The van der Waals surface area contributed by atoms with E-state index in [0.717, 1.165) is 135 Å².